The number of ether oxygens (including phenoxy) is 3. The van der Waals surface area contributed by atoms with Crippen LogP contribution in [-0.2, 0) is 4.79 Å². The molecular weight excluding hydrogens is 534 g/mol. The number of allylic oxidation sites excluding steroid dienone is 1. The van der Waals surface area contributed by atoms with Crippen LogP contribution in [0, 0.1) is 5.92 Å². The van der Waals surface area contributed by atoms with Crippen LogP contribution in [0.5, 0.6) is 17.2 Å². The molecule has 2 aliphatic rings. The van der Waals surface area contributed by atoms with Gasteiger partial charge in [0, 0.05) is 6.54 Å². The number of likely N-dealkylation sites (tertiary alicyclic amines) is 1. The first-order chi connectivity index (χ1) is 21.1. The number of benzene rings is 3. The second-order valence-electron chi connectivity index (χ2n) is 11.8. The minimum Gasteiger partial charge on any atom is -0.497 e. The van der Waals surface area contributed by atoms with Crippen LogP contribution in [0.4, 0.5) is 0 Å². The maximum absolute atomic E-state index is 12.8. The van der Waals surface area contributed by atoms with Crippen LogP contribution in [0.2, 0.25) is 0 Å². The lowest BCUT2D eigenvalue weighted by atomic mass is 9.88. The molecule has 0 unspecified atom stereocenters. The number of hydrogen-bond donors (Lipinski definition) is 0. The minimum atomic E-state index is -0.0953. The molecule has 0 atom stereocenters. The van der Waals surface area contributed by atoms with Gasteiger partial charge in [-0.25, -0.2) is 0 Å². The van der Waals surface area contributed by atoms with Crippen molar-refractivity contribution in [3.8, 4) is 17.2 Å². The van der Waals surface area contributed by atoms with E-state index in [1.54, 1.807) is 7.11 Å². The topological polar surface area (TPSA) is 48.0 Å². The molecule has 43 heavy (non-hydrogen) atoms. The average molecular weight is 582 g/mol. The Morgan fingerprint density at radius 2 is 1.23 bits per heavy atom. The molecule has 3 aromatic rings. The molecule has 0 radical (unpaired) electrons. The van der Waals surface area contributed by atoms with Crippen molar-refractivity contribution >= 4 is 17.1 Å². The van der Waals surface area contributed by atoms with Crippen molar-refractivity contribution in [1.29, 1.82) is 0 Å². The summed E-state index contributed by atoms with van der Waals surface area (Å²) in [5, 5.41) is 0. The van der Waals surface area contributed by atoms with E-state index in [0.717, 1.165) is 72.4 Å². The van der Waals surface area contributed by atoms with Crippen molar-refractivity contribution in [3.05, 3.63) is 89.5 Å². The molecule has 0 amide bonds. The lowest BCUT2D eigenvalue weighted by Crippen LogP contribution is -2.29. The first-order valence-electron chi connectivity index (χ1n) is 16.3. The van der Waals surface area contributed by atoms with Crippen LogP contribution in [0.3, 0.4) is 0 Å². The summed E-state index contributed by atoms with van der Waals surface area (Å²) < 4.78 is 17.4. The lowest BCUT2D eigenvalue weighted by Gasteiger charge is -2.20. The van der Waals surface area contributed by atoms with Gasteiger partial charge in [-0.3, -0.25) is 9.69 Å². The van der Waals surface area contributed by atoms with Crippen molar-refractivity contribution in [2.45, 2.75) is 71.1 Å². The number of rotatable bonds is 11. The molecule has 0 bridgehead atoms. The molecule has 1 aliphatic heterocycles. The summed E-state index contributed by atoms with van der Waals surface area (Å²) >= 11 is 0. The number of methoxy groups -OCH3 is 1. The fourth-order valence-electron chi connectivity index (χ4n) is 6.43. The molecule has 1 saturated carbocycles. The lowest BCUT2D eigenvalue weighted by molar-refractivity contribution is -0.139. The highest BCUT2D eigenvalue weighted by Gasteiger charge is 2.23. The summed E-state index contributed by atoms with van der Waals surface area (Å²) in [5.41, 5.74) is 5.77. The Labute approximate surface area is 257 Å². The van der Waals surface area contributed by atoms with Crippen LogP contribution < -0.4 is 14.2 Å². The third-order valence-electron chi connectivity index (χ3n) is 8.91. The van der Waals surface area contributed by atoms with Crippen molar-refractivity contribution in [1.82, 2.24) is 4.90 Å². The van der Waals surface area contributed by atoms with Gasteiger partial charge in [-0.2, -0.15) is 0 Å². The molecule has 1 heterocycles. The summed E-state index contributed by atoms with van der Waals surface area (Å²) in [6, 6.07) is 24.8. The van der Waals surface area contributed by atoms with Gasteiger partial charge in [0.2, 0.25) is 0 Å². The number of hydrogen-bond acceptors (Lipinski definition) is 5. The second-order valence-corrected chi connectivity index (χ2v) is 11.8. The third-order valence-corrected chi connectivity index (χ3v) is 8.91. The quantitative estimate of drug-likeness (QED) is 0.129. The van der Waals surface area contributed by atoms with Crippen LogP contribution in [0.25, 0.3) is 11.1 Å². The Morgan fingerprint density at radius 3 is 1.81 bits per heavy atom. The second kappa shape index (κ2) is 15.8. The molecule has 1 aliphatic carbocycles. The molecular formula is C38H47NO4. The molecule has 5 heteroatoms. The van der Waals surface area contributed by atoms with Crippen molar-refractivity contribution in [3.63, 3.8) is 0 Å². The summed E-state index contributed by atoms with van der Waals surface area (Å²) in [6.45, 7) is 6.23. The van der Waals surface area contributed by atoms with E-state index in [0.29, 0.717) is 12.4 Å². The Kier molecular flexibility index (Phi) is 11.3. The monoisotopic (exact) mass is 581 g/mol. The van der Waals surface area contributed by atoms with E-state index in [2.05, 4.69) is 60.4 Å². The van der Waals surface area contributed by atoms with Gasteiger partial charge < -0.3 is 14.2 Å². The Balaban J connectivity index is 1.37. The predicted molar refractivity (Wildman–Crippen MR) is 175 cm³/mol. The third kappa shape index (κ3) is 8.51. The smallest absolute Gasteiger partial charge is 0.314 e. The van der Waals surface area contributed by atoms with Crippen molar-refractivity contribution in [2.75, 3.05) is 33.4 Å². The SMILES string of the molecule is CC/C(=C(\c1ccc(OCCN2CCCCCC2)cc1)c1ccc(OC(=O)C2CCCCC2)cc1)c1ccc(OC)cc1. The highest BCUT2D eigenvalue weighted by Crippen LogP contribution is 2.36. The van der Waals surface area contributed by atoms with E-state index in [9.17, 15) is 4.79 Å². The molecule has 5 nitrogen and oxygen atoms in total. The fourth-order valence-corrected chi connectivity index (χ4v) is 6.43. The van der Waals surface area contributed by atoms with Crippen LogP contribution >= 0.6 is 0 Å². The largest absolute Gasteiger partial charge is 0.497 e. The van der Waals surface area contributed by atoms with Crippen LogP contribution in [0.15, 0.2) is 72.8 Å². The van der Waals surface area contributed by atoms with E-state index < -0.39 is 0 Å². The maximum atomic E-state index is 12.8. The van der Waals surface area contributed by atoms with Crippen molar-refractivity contribution in [2.24, 2.45) is 5.92 Å². The number of carbonyl (C=O) groups is 1. The molecule has 0 N–H and O–H groups in total. The molecule has 0 spiro atoms. The Bertz CT molecular complexity index is 1310. The standard InChI is InChI=1S/C38H47NO4/c1-3-36(29-13-19-33(41-2)20-14-29)37(31-17-23-35(24-18-31)43-38(40)32-11-7-6-8-12-32)30-15-21-34(22-16-30)42-28-27-39-25-9-4-5-10-26-39/h13-24,32H,3-12,25-28H2,1-2H3/b37-36-. The summed E-state index contributed by atoms with van der Waals surface area (Å²) in [4.78, 5) is 15.3. The van der Waals surface area contributed by atoms with Gasteiger partial charge in [0.1, 0.15) is 23.9 Å². The number of nitrogens with zero attached hydrogens (tertiary/aromatic N) is 1. The molecule has 2 fully saturated rings. The molecule has 1 saturated heterocycles. The Morgan fingerprint density at radius 1 is 0.698 bits per heavy atom. The van der Waals surface area contributed by atoms with Crippen LogP contribution in [-0.4, -0.2) is 44.2 Å². The minimum absolute atomic E-state index is 0.0238. The van der Waals surface area contributed by atoms with E-state index in [1.165, 1.54) is 50.8 Å². The normalized spacial score (nSPS) is 17.1. The number of esters is 1. The molecule has 5 rings (SSSR count). The van der Waals surface area contributed by atoms with Gasteiger partial charge in [-0.1, -0.05) is 75.4 Å². The summed E-state index contributed by atoms with van der Waals surface area (Å²) in [6.07, 6.45) is 11.4. The van der Waals surface area contributed by atoms with Gasteiger partial charge in [-0.05, 0) is 109 Å². The zero-order valence-corrected chi connectivity index (χ0v) is 26.0. The maximum Gasteiger partial charge on any atom is 0.314 e. The van der Waals surface area contributed by atoms with E-state index in [1.807, 2.05) is 24.3 Å². The molecule has 228 valence electrons. The summed E-state index contributed by atoms with van der Waals surface area (Å²) in [5.74, 6) is 2.27. The molecule has 0 aromatic heterocycles. The van der Waals surface area contributed by atoms with Gasteiger partial charge in [0.15, 0.2) is 0 Å². The number of carbonyl (C=O) groups excluding carboxylic acids is 1. The van der Waals surface area contributed by atoms with E-state index >= 15 is 0 Å². The first-order valence-corrected chi connectivity index (χ1v) is 16.3. The van der Waals surface area contributed by atoms with E-state index in [-0.39, 0.29) is 11.9 Å². The Hall–Kier alpha value is -3.57. The van der Waals surface area contributed by atoms with Crippen molar-refractivity contribution < 1.29 is 19.0 Å². The molecule has 3 aromatic carbocycles. The van der Waals surface area contributed by atoms with Gasteiger partial charge in [0.05, 0.1) is 13.0 Å². The van der Waals surface area contributed by atoms with Crippen LogP contribution in [0.1, 0.15) is 87.8 Å². The zero-order chi connectivity index (χ0) is 29.9. The predicted octanol–water partition coefficient (Wildman–Crippen LogP) is 8.80. The van der Waals surface area contributed by atoms with Gasteiger partial charge >= 0.3 is 5.97 Å². The highest BCUT2D eigenvalue weighted by atomic mass is 16.5. The fraction of sp³-hybridized carbons (Fsp3) is 0.447. The van der Waals surface area contributed by atoms with Gasteiger partial charge in [-0.15, -0.1) is 0 Å². The highest BCUT2D eigenvalue weighted by molar-refractivity contribution is 5.98. The zero-order valence-electron chi connectivity index (χ0n) is 26.0. The van der Waals surface area contributed by atoms with E-state index in [4.69, 9.17) is 14.2 Å². The summed E-state index contributed by atoms with van der Waals surface area (Å²) in [7, 11) is 1.69. The van der Waals surface area contributed by atoms with Gasteiger partial charge in [0.25, 0.3) is 0 Å². The first kappa shape index (κ1) is 30.9. The average Bonchev–Trinajstić information content (AvgIpc) is 3.34.